The molecule has 10 heteroatoms. The summed E-state index contributed by atoms with van der Waals surface area (Å²) in [4.78, 5) is 79.3. The highest BCUT2D eigenvalue weighted by molar-refractivity contribution is 6.20. The number of allylic oxidation sites excluding steroid dienone is 2. The third-order valence-corrected chi connectivity index (χ3v) is 7.43. The second-order valence-corrected chi connectivity index (χ2v) is 8.26. The van der Waals surface area contributed by atoms with Gasteiger partial charge in [-0.3, -0.25) is 28.8 Å². The Morgan fingerprint density at radius 2 is 0.875 bits per heavy atom. The number of carbonyl (C=O) groups excluding carboxylic acids is 6. The molecule has 0 amide bonds. The van der Waals surface area contributed by atoms with Gasteiger partial charge >= 0.3 is 23.9 Å². The number of ether oxygens (including phenoxy) is 4. The van der Waals surface area contributed by atoms with Crippen LogP contribution in [-0.2, 0) is 47.7 Å². The largest absolute Gasteiger partial charge is 0.468 e. The van der Waals surface area contributed by atoms with Crippen LogP contribution in [0, 0.1) is 34.5 Å². The van der Waals surface area contributed by atoms with E-state index in [1.807, 2.05) is 12.2 Å². The summed E-state index contributed by atoms with van der Waals surface area (Å²) in [5.74, 6) is -12.1. The van der Waals surface area contributed by atoms with Crippen molar-refractivity contribution in [2.24, 2.45) is 34.5 Å². The Bertz CT molecular complexity index is 776. The Balaban J connectivity index is 2.49. The fourth-order valence-corrected chi connectivity index (χ4v) is 6.46. The van der Waals surface area contributed by atoms with Crippen LogP contribution in [0.25, 0.3) is 0 Å². The quantitative estimate of drug-likeness (QED) is 0.256. The van der Waals surface area contributed by atoms with Gasteiger partial charge in [-0.05, 0) is 25.7 Å². The van der Waals surface area contributed by atoms with Crippen molar-refractivity contribution in [1.82, 2.24) is 0 Å². The molecule has 0 N–H and O–H groups in total. The number of ketones is 2. The van der Waals surface area contributed by atoms with Crippen LogP contribution in [0.15, 0.2) is 12.2 Å². The molecule has 0 aromatic carbocycles. The van der Waals surface area contributed by atoms with Crippen molar-refractivity contribution in [1.29, 1.82) is 0 Å². The predicted molar refractivity (Wildman–Crippen MR) is 105 cm³/mol. The molecule has 32 heavy (non-hydrogen) atoms. The van der Waals surface area contributed by atoms with E-state index < -0.39 is 69.9 Å². The lowest BCUT2D eigenvalue weighted by Gasteiger charge is -2.47. The smallest absolute Gasteiger partial charge is 0.316 e. The topological polar surface area (TPSA) is 139 Å². The highest BCUT2D eigenvalue weighted by atomic mass is 16.5. The third kappa shape index (κ3) is 2.77. The van der Waals surface area contributed by atoms with E-state index >= 15 is 0 Å². The number of esters is 4. The van der Waals surface area contributed by atoms with Gasteiger partial charge in [0.25, 0.3) is 0 Å². The van der Waals surface area contributed by atoms with E-state index in [2.05, 4.69) is 0 Å². The first-order chi connectivity index (χ1) is 15.2. The van der Waals surface area contributed by atoms with Gasteiger partial charge < -0.3 is 18.9 Å². The molecule has 2 unspecified atom stereocenters. The summed E-state index contributed by atoms with van der Waals surface area (Å²) in [6, 6.07) is 0. The van der Waals surface area contributed by atoms with E-state index in [0.717, 1.165) is 28.4 Å². The zero-order chi connectivity index (χ0) is 23.8. The normalized spacial score (nSPS) is 35.8. The molecule has 0 aromatic heterocycles. The highest BCUT2D eigenvalue weighted by Gasteiger charge is 2.85. The van der Waals surface area contributed by atoms with Gasteiger partial charge in [0, 0.05) is 10.8 Å². The first kappa shape index (κ1) is 23.6. The minimum atomic E-state index is -1.72. The summed E-state index contributed by atoms with van der Waals surface area (Å²) in [6.07, 6.45) is 4.22. The molecular formula is C22H26O10. The van der Waals surface area contributed by atoms with Crippen LogP contribution in [0.1, 0.15) is 25.7 Å². The van der Waals surface area contributed by atoms with Crippen molar-refractivity contribution in [3.63, 3.8) is 0 Å². The lowest BCUT2D eigenvalue weighted by molar-refractivity contribution is -0.170. The molecule has 2 fully saturated rings. The summed E-state index contributed by atoms with van der Waals surface area (Å²) in [6.45, 7) is 0. The molecule has 3 rings (SSSR count). The minimum absolute atomic E-state index is 0.00149. The first-order valence-corrected chi connectivity index (χ1v) is 10.2. The molecule has 0 spiro atoms. The molecule has 174 valence electrons. The zero-order valence-electron chi connectivity index (χ0n) is 18.4. The summed E-state index contributed by atoms with van der Waals surface area (Å²) < 4.78 is 19.6. The summed E-state index contributed by atoms with van der Waals surface area (Å²) >= 11 is 0. The maximum atomic E-state index is 13.7. The fourth-order valence-electron chi connectivity index (χ4n) is 6.46. The lowest BCUT2D eigenvalue weighted by Crippen LogP contribution is -2.52. The van der Waals surface area contributed by atoms with E-state index in [1.54, 1.807) is 0 Å². The van der Waals surface area contributed by atoms with Crippen molar-refractivity contribution in [2.45, 2.75) is 25.7 Å². The standard InChI is InChI=1S/C22H26O10/c1-29-17(25)11-15(23)12(18(26)30-2)22-10-8-6-5-7-9-21(11,22)13(19(27)31-3)16(24)14(22)20(28)32-4/h5-6,11-14H,7-10H2,1-4H3/t11-,12-,13-,14+,21?,22?/m1/s1. The molecule has 0 saturated heterocycles. The van der Waals surface area contributed by atoms with Gasteiger partial charge in [-0.15, -0.1) is 0 Å². The van der Waals surface area contributed by atoms with Gasteiger partial charge in [0.15, 0.2) is 11.6 Å². The Kier molecular flexibility index (Phi) is 6.26. The Hall–Kier alpha value is -3.04. The van der Waals surface area contributed by atoms with Crippen LogP contribution in [0.2, 0.25) is 0 Å². The van der Waals surface area contributed by atoms with Crippen LogP contribution >= 0.6 is 0 Å². The van der Waals surface area contributed by atoms with Crippen molar-refractivity contribution in [2.75, 3.05) is 28.4 Å². The summed E-state index contributed by atoms with van der Waals surface area (Å²) in [7, 11) is 4.29. The highest BCUT2D eigenvalue weighted by Crippen LogP contribution is 2.74. The molecule has 0 aromatic rings. The number of methoxy groups -OCH3 is 4. The van der Waals surface area contributed by atoms with E-state index in [-0.39, 0.29) is 12.8 Å². The predicted octanol–water partition coefficient (Wildman–Crippen LogP) is 0.412. The number of rotatable bonds is 4. The maximum Gasteiger partial charge on any atom is 0.316 e. The van der Waals surface area contributed by atoms with E-state index in [9.17, 15) is 28.8 Å². The van der Waals surface area contributed by atoms with E-state index in [4.69, 9.17) is 18.9 Å². The minimum Gasteiger partial charge on any atom is -0.468 e. The zero-order valence-corrected chi connectivity index (χ0v) is 18.4. The maximum absolute atomic E-state index is 13.7. The third-order valence-electron chi connectivity index (χ3n) is 7.43. The van der Waals surface area contributed by atoms with Gasteiger partial charge in [0.1, 0.15) is 23.7 Å². The average Bonchev–Trinajstić information content (AvgIpc) is 3.09. The monoisotopic (exact) mass is 450 g/mol. The van der Waals surface area contributed by atoms with Crippen LogP contribution in [0.3, 0.4) is 0 Å². The van der Waals surface area contributed by atoms with Crippen molar-refractivity contribution in [3.8, 4) is 0 Å². The Labute approximate surface area is 184 Å². The molecule has 0 bridgehead atoms. The second kappa shape index (κ2) is 8.48. The Morgan fingerprint density at radius 1 is 0.625 bits per heavy atom. The summed E-state index contributed by atoms with van der Waals surface area (Å²) in [5, 5.41) is 0. The van der Waals surface area contributed by atoms with Gasteiger partial charge in [0.05, 0.1) is 28.4 Å². The molecular weight excluding hydrogens is 424 g/mol. The van der Waals surface area contributed by atoms with E-state index in [0.29, 0.717) is 12.8 Å². The molecule has 2 saturated carbocycles. The van der Waals surface area contributed by atoms with Crippen LogP contribution in [-0.4, -0.2) is 63.9 Å². The average molecular weight is 450 g/mol. The van der Waals surface area contributed by atoms with Crippen LogP contribution in [0.4, 0.5) is 0 Å². The van der Waals surface area contributed by atoms with Crippen molar-refractivity contribution < 1.29 is 47.7 Å². The number of carbonyl (C=O) groups is 6. The van der Waals surface area contributed by atoms with Crippen LogP contribution < -0.4 is 0 Å². The van der Waals surface area contributed by atoms with Gasteiger partial charge in [-0.1, -0.05) is 12.2 Å². The molecule has 0 radical (unpaired) electrons. The van der Waals surface area contributed by atoms with E-state index in [1.165, 1.54) is 0 Å². The van der Waals surface area contributed by atoms with Crippen LogP contribution in [0.5, 0.6) is 0 Å². The SMILES string of the molecule is COC(=O)[C@@H]1C(=O)[C@H](C(=O)OC)C23CCC=CCCC12[C@@H](C(=O)OC)C(=O)[C@@H]3C(=O)OC. The van der Waals surface area contributed by atoms with Gasteiger partial charge in [-0.2, -0.15) is 0 Å². The van der Waals surface area contributed by atoms with Gasteiger partial charge in [-0.25, -0.2) is 0 Å². The molecule has 10 nitrogen and oxygen atoms in total. The van der Waals surface area contributed by atoms with Crippen molar-refractivity contribution in [3.05, 3.63) is 12.2 Å². The molecule has 3 aliphatic carbocycles. The number of hydrogen-bond donors (Lipinski definition) is 0. The molecule has 0 aliphatic heterocycles. The molecule has 0 heterocycles. The Morgan fingerprint density at radius 3 is 1.09 bits per heavy atom. The number of Topliss-reactive ketones (excluding diaryl/α,β-unsaturated/α-hetero) is 2. The first-order valence-electron chi connectivity index (χ1n) is 10.2. The summed E-state index contributed by atoms with van der Waals surface area (Å²) in [5.41, 5.74) is -3.44. The lowest BCUT2D eigenvalue weighted by atomic mass is 9.53. The molecule has 3 aliphatic rings. The van der Waals surface area contributed by atoms with Crippen molar-refractivity contribution >= 4 is 35.4 Å². The fraction of sp³-hybridized carbons (Fsp3) is 0.636. The molecule has 6 atom stereocenters. The second-order valence-electron chi connectivity index (χ2n) is 8.26. The van der Waals surface area contributed by atoms with Gasteiger partial charge in [0.2, 0.25) is 0 Å². The number of hydrogen-bond acceptors (Lipinski definition) is 10.